The first-order chi connectivity index (χ1) is 13.5. The number of nitrogens with one attached hydrogen (secondary N) is 1. The maximum atomic E-state index is 13.4. The molecule has 5 nitrogen and oxygen atoms in total. The van der Waals surface area contributed by atoms with Crippen molar-refractivity contribution in [3.05, 3.63) is 89.1 Å². The standard InChI is InChI=1S/C22H22N2O3S/c1-15-7-8-18(11-16(15)2)21(26)20(24-9-3-5-17(13-24)14-25)22(28)23-12-19-6-4-10-27-19/h3-11,13,20,25H,12,14H2,1-2H3/p+1/t20-/m0/s1. The van der Waals surface area contributed by atoms with Crippen molar-refractivity contribution in [3.63, 3.8) is 0 Å². The molecule has 3 aromatic rings. The third-order valence-corrected chi connectivity index (χ3v) is 5.04. The minimum Gasteiger partial charge on any atom is -0.467 e. The summed E-state index contributed by atoms with van der Waals surface area (Å²) in [5, 5.41) is 12.6. The molecular weight excluding hydrogens is 372 g/mol. The number of aryl methyl sites for hydroxylation is 2. The first-order valence-electron chi connectivity index (χ1n) is 9.01. The van der Waals surface area contributed by atoms with Gasteiger partial charge in [0.1, 0.15) is 5.76 Å². The molecule has 28 heavy (non-hydrogen) atoms. The lowest BCUT2D eigenvalue weighted by molar-refractivity contribution is -0.692. The van der Waals surface area contributed by atoms with Crippen molar-refractivity contribution in [2.24, 2.45) is 0 Å². The molecule has 0 amide bonds. The van der Waals surface area contributed by atoms with E-state index in [-0.39, 0.29) is 12.4 Å². The smallest absolute Gasteiger partial charge is 0.270 e. The van der Waals surface area contributed by atoms with Gasteiger partial charge >= 0.3 is 0 Å². The number of pyridine rings is 1. The number of hydrogen-bond acceptors (Lipinski definition) is 4. The van der Waals surface area contributed by atoms with Gasteiger partial charge in [0.15, 0.2) is 17.4 Å². The van der Waals surface area contributed by atoms with E-state index < -0.39 is 6.04 Å². The second-order valence-electron chi connectivity index (χ2n) is 6.68. The highest BCUT2D eigenvalue weighted by molar-refractivity contribution is 7.80. The molecule has 6 heteroatoms. The fourth-order valence-corrected chi connectivity index (χ4v) is 3.23. The summed E-state index contributed by atoms with van der Waals surface area (Å²) >= 11 is 5.59. The van der Waals surface area contributed by atoms with Crippen LogP contribution in [-0.4, -0.2) is 15.9 Å². The fourth-order valence-electron chi connectivity index (χ4n) is 2.92. The summed E-state index contributed by atoms with van der Waals surface area (Å²) in [6.45, 7) is 4.27. The van der Waals surface area contributed by atoms with E-state index in [9.17, 15) is 9.90 Å². The normalized spacial score (nSPS) is 11.8. The van der Waals surface area contributed by atoms with Crippen LogP contribution in [0.1, 0.15) is 38.9 Å². The molecule has 0 saturated heterocycles. The Morgan fingerprint density at radius 3 is 2.71 bits per heavy atom. The Balaban J connectivity index is 1.93. The molecule has 0 aliphatic rings. The summed E-state index contributed by atoms with van der Waals surface area (Å²) in [7, 11) is 0. The molecule has 0 spiro atoms. The van der Waals surface area contributed by atoms with Gasteiger partial charge < -0.3 is 14.8 Å². The number of hydrogen-bond donors (Lipinski definition) is 2. The van der Waals surface area contributed by atoms with Crippen molar-refractivity contribution >= 4 is 23.0 Å². The lowest BCUT2D eigenvalue weighted by Crippen LogP contribution is -2.51. The topological polar surface area (TPSA) is 66.4 Å². The number of aliphatic hydroxyl groups excluding tert-OH is 1. The lowest BCUT2D eigenvalue weighted by Gasteiger charge is -2.15. The van der Waals surface area contributed by atoms with Gasteiger partial charge in [-0.3, -0.25) is 4.79 Å². The van der Waals surface area contributed by atoms with E-state index in [0.29, 0.717) is 22.7 Å². The zero-order valence-electron chi connectivity index (χ0n) is 15.9. The number of aromatic nitrogens is 1. The Morgan fingerprint density at radius 1 is 1.21 bits per heavy atom. The second-order valence-corrected chi connectivity index (χ2v) is 7.12. The number of nitrogens with zero attached hydrogens (tertiary/aromatic N) is 1. The second kappa shape index (κ2) is 8.91. The monoisotopic (exact) mass is 395 g/mol. The van der Waals surface area contributed by atoms with Crippen molar-refractivity contribution in [3.8, 4) is 0 Å². The molecule has 2 aromatic heterocycles. The zero-order valence-corrected chi connectivity index (χ0v) is 16.7. The maximum absolute atomic E-state index is 13.4. The Hall–Kier alpha value is -2.83. The van der Waals surface area contributed by atoms with E-state index in [4.69, 9.17) is 16.6 Å². The summed E-state index contributed by atoms with van der Waals surface area (Å²) in [5.74, 6) is 0.619. The average molecular weight is 396 g/mol. The highest BCUT2D eigenvalue weighted by Gasteiger charge is 2.33. The lowest BCUT2D eigenvalue weighted by atomic mass is 9.99. The quantitative estimate of drug-likeness (QED) is 0.365. The Labute approximate surface area is 169 Å². The molecule has 0 unspecified atom stereocenters. The summed E-state index contributed by atoms with van der Waals surface area (Å²) < 4.78 is 7.07. The largest absolute Gasteiger partial charge is 0.467 e. The van der Waals surface area contributed by atoms with Crippen LogP contribution in [0.3, 0.4) is 0 Å². The first-order valence-corrected chi connectivity index (χ1v) is 9.42. The molecule has 0 bridgehead atoms. The van der Waals surface area contributed by atoms with Gasteiger partial charge in [-0.05, 0) is 49.2 Å². The van der Waals surface area contributed by atoms with E-state index in [1.165, 1.54) is 0 Å². The maximum Gasteiger partial charge on any atom is 0.270 e. The van der Waals surface area contributed by atoms with Gasteiger partial charge in [0.05, 0.1) is 19.4 Å². The van der Waals surface area contributed by atoms with Crippen LogP contribution in [0.2, 0.25) is 0 Å². The van der Waals surface area contributed by atoms with Crippen LogP contribution in [0.4, 0.5) is 0 Å². The van der Waals surface area contributed by atoms with Gasteiger partial charge in [-0.1, -0.05) is 24.4 Å². The molecule has 0 aliphatic carbocycles. The number of benzene rings is 1. The van der Waals surface area contributed by atoms with Crippen LogP contribution >= 0.6 is 12.2 Å². The summed E-state index contributed by atoms with van der Waals surface area (Å²) in [6.07, 6.45) is 5.12. The number of Topliss-reactive ketones (excluding diaryl/α,β-unsaturated/α-hetero) is 1. The predicted molar refractivity (Wildman–Crippen MR) is 110 cm³/mol. The molecule has 0 aliphatic heterocycles. The molecule has 0 fully saturated rings. The number of rotatable bonds is 7. The summed E-state index contributed by atoms with van der Waals surface area (Å²) in [6, 6.07) is 12.2. The number of aliphatic hydroxyl groups is 1. The molecule has 144 valence electrons. The van der Waals surface area contributed by atoms with Crippen LogP contribution < -0.4 is 9.88 Å². The van der Waals surface area contributed by atoms with Crippen molar-refractivity contribution in [2.75, 3.05) is 0 Å². The third-order valence-electron chi connectivity index (χ3n) is 4.67. The van der Waals surface area contributed by atoms with Crippen LogP contribution in [0, 0.1) is 13.8 Å². The van der Waals surface area contributed by atoms with E-state index in [2.05, 4.69) is 5.32 Å². The molecule has 1 atom stereocenters. The molecule has 2 N–H and O–H groups in total. The number of ketones is 1. The minimum atomic E-state index is -0.724. The van der Waals surface area contributed by atoms with Crippen LogP contribution in [0.5, 0.6) is 0 Å². The zero-order chi connectivity index (χ0) is 20.1. The minimum absolute atomic E-state index is 0.111. The van der Waals surface area contributed by atoms with E-state index in [1.54, 1.807) is 41.4 Å². The van der Waals surface area contributed by atoms with E-state index in [0.717, 1.165) is 16.9 Å². The van der Waals surface area contributed by atoms with Crippen molar-refractivity contribution < 1.29 is 18.9 Å². The van der Waals surface area contributed by atoms with Gasteiger partial charge in [0.25, 0.3) is 6.04 Å². The number of furan rings is 1. The van der Waals surface area contributed by atoms with Crippen LogP contribution in [-0.2, 0) is 13.2 Å². The van der Waals surface area contributed by atoms with Gasteiger partial charge in [0.2, 0.25) is 5.78 Å². The van der Waals surface area contributed by atoms with Crippen molar-refractivity contribution in [1.29, 1.82) is 0 Å². The number of carbonyl (C=O) groups excluding carboxylic acids is 1. The molecule has 3 rings (SSSR count). The fraction of sp³-hybridized carbons (Fsp3) is 0.227. The Kier molecular flexibility index (Phi) is 6.34. The Morgan fingerprint density at radius 2 is 2.04 bits per heavy atom. The molecule has 1 aromatic carbocycles. The highest BCUT2D eigenvalue weighted by atomic mass is 32.1. The van der Waals surface area contributed by atoms with E-state index in [1.807, 2.05) is 38.1 Å². The van der Waals surface area contributed by atoms with Gasteiger partial charge in [-0.2, -0.15) is 4.57 Å². The van der Waals surface area contributed by atoms with Crippen molar-refractivity contribution in [1.82, 2.24) is 5.32 Å². The van der Waals surface area contributed by atoms with Crippen LogP contribution in [0.25, 0.3) is 0 Å². The highest BCUT2D eigenvalue weighted by Crippen LogP contribution is 2.16. The summed E-state index contributed by atoms with van der Waals surface area (Å²) in [5.41, 5.74) is 3.47. The van der Waals surface area contributed by atoms with Crippen LogP contribution in [0.15, 0.2) is 65.5 Å². The number of thiocarbonyl (C=S) groups is 1. The molecule has 0 saturated carbocycles. The average Bonchev–Trinajstić information content (AvgIpc) is 3.22. The van der Waals surface area contributed by atoms with Gasteiger partial charge in [-0.25, -0.2) is 0 Å². The van der Waals surface area contributed by atoms with E-state index >= 15 is 0 Å². The van der Waals surface area contributed by atoms with Gasteiger partial charge in [-0.15, -0.1) is 0 Å². The Bertz CT molecular complexity index is 983. The van der Waals surface area contributed by atoms with Gasteiger partial charge in [0, 0.05) is 17.2 Å². The molecule has 0 radical (unpaired) electrons. The SMILES string of the molecule is Cc1ccc(C(=O)[C@@H](C(=S)NCc2ccco2)[n+]2cccc(CO)c2)cc1C. The number of carbonyl (C=O) groups is 1. The predicted octanol–water partition coefficient (Wildman–Crippen LogP) is 3.22. The van der Waals surface area contributed by atoms with Crippen molar-refractivity contribution in [2.45, 2.75) is 33.0 Å². The summed E-state index contributed by atoms with van der Waals surface area (Å²) in [4.78, 5) is 13.8. The third kappa shape index (κ3) is 4.52. The molecule has 2 heterocycles. The molecular formula is C22H23N2O3S+. The first kappa shape index (κ1) is 19.9.